The first-order valence-corrected chi connectivity index (χ1v) is 8.56. The highest BCUT2D eigenvalue weighted by atomic mass is 19.4. The van der Waals surface area contributed by atoms with Gasteiger partial charge >= 0.3 is 6.18 Å². The Morgan fingerprint density at radius 1 is 1.07 bits per heavy atom. The molecule has 2 unspecified atom stereocenters. The van der Waals surface area contributed by atoms with E-state index in [0.29, 0.717) is 12.1 Å². The second kappa shape index (κ2) is 7.42. The van der Waals surface area contributed by atoms with Gasteiger partial charge in [-0.25, -0.2) is 0 Å². The number of likely N-dealkylation sites (tertiary alicyclic amines) is 1. The van der Waals surface area contributed by atoms with Crippen LogP contribution in [0.15, 0.2) is 54.6 Å². The van der Waals surface area contributed by atoms with Crippen LogP contribution in [0, 0.1) is 5.92 Å². The molecule has 0 aliphatic carbocycles. The van der Waals surface area contributed by atoms with Crippen molar-refractivity contribution >= 4 is 17.5 Å². The van der Waals surface area contributed by atoms with Crippen molar-refractivity contribution in [3.05, 3.63) is 65.7 Å². The number of alkyl halides is 3. The predicted molar refractivity (Wildman–Crippen MR) is 94.8 cm³/mol. The molecule has 2 amide bonds. The molecule has 1 N–H and O–H groups in total. The third-order valence-electron chi connectivity index (χ3n) is 4.82. The summed E-state index contributed by atoms with van der Waals surface area (Å²) in [6.07, 6.45) is -3.78. The van der Waals surface area contributed by atoms with E-state index in [2.05, 4.69) is 5.32 Å². The predicted octanol–water partition coefficient (Wildman–Crippen LogP) is 4.25. The zero-order valence-corrected chi connectivity index (χ0v) is 14.7. The molecule has 3 rings (SSSR count). The fraction of sp³-hybridized carbons (Fsp3) is 0.300. The Bertz CT molecular complexity index is 819. The molecule has 1 aliphatic rings. The first-order chi connectivity index (χ1) is 12.8. The Labute approximate surface area is 155 Å². The van der Waals surface area contributed by atoms with Crippen LogP contribution >= 0.6 is 0 Å². The van der Waals surface area contributed by atoms with Gasteiger partial charge in [-0.3, -0.25) is 9.59 Å². The van der Waals surface area contributed by atoms with E-state index in [0.717, 1.165) is 17.7 Å². The number of carbonyl (C=O) groups is 2. The first kappa shape index (κ1) is 18.9. The summed E-state index contributed by atoms with van der Waals surface area (Å²) in [6, 6.07) is 13.2. The third-order valence-corrected chi connectivity index (χ3v) is 4.82. The van der Waals surface area contributed by atoms with Crippen molar-refractivity contribution in [1.82, 2.24) is 4.90 Å². The lowest BCUT2D eigenvalue weighted by molar-refractivity contribution is -0.140. The molecule has 1 aliphatic heterocycles. The molecule has 2 aromatic rings. The van der Waals surface area contributed by atoms with Crippen LogP contribution in [0.1, 0.15) is 30.0 Å². The number of hydrogen-bond acceptors (Lipinski definition) is 2. The minimum atomic E-state index is -4.42. The van der Waals surface area contributed by atoms with Crippen LogP contribution in [0.25, 0.3) is 0 Å². The van der Waals surface area contributed by atoms with Crippen molar-refractivity contribution in [2.45, 2.75) is 25.1 Å². The van der Waals surface area contributed by atoms with Crippen LogP contribution in [0.2, 0.25) is 0 Å². The van der Waals surface area contributed by atoms with Gasteiger partial charge in [-0.05, 0) is 36.2 Å². The number of rotatable bonds is 3. The molecule has 142 valence electrons. The summed E-state index contributed by atoms with van der Waals surface area (Å²) in [5.41, 5.74) is 0.366. The maximum atomic E-state index is 12.8. The fourth-order valence-corrected chi connectivity index (χ4v) is 3.40. The van der Waals surface area contributed by atoms with Crippen LogP contribution in [-0.4, -0.2) is 23.8 Å². The molecule has 7 heteroatoms. The number of carbonyl (C=O) groups excluding carboxylic acids is 2. The Morgan fingerprint density at radius 2 is 1.70 bits per heavy atom. The summed E-state index contributed by atoms with van der Waals surface area (Å²) in [4.78, 5) is 26.5. The van der Waals surface area contributed by atoms with Crippen LogP contribution in [0.5, 0.6) is 0 Å². The Hall–Kier alpha value is -2.83. The number of halogens is 3. The number of anilines is 1. The maximum Gasteiger partial charge on any atom is 0.416 e. The molecule has 1 heterocycles. The minimum Gasteiger partial charge on any atom is -0.338 e. The Balaban J connectivity index is 1.80. The first-order valence-electron chi connectivity index (χ1n) is 8.56. The molecule has 0 saturated carbocycles. The lowest BCUT2D eigenvalue weighted by Gasteiger charge is -2.38. The lowest BCUT2D eigenvalue weighted by Crippen LogP contribution is -2.44. The summed E-state index contributed by atoms with van der Waals surface area (Å²) >= 11 is 0. The highest BCUT2D eigenvalue weighted by molar-refractivity contribution is 5.94. The fourth-order valence-electron chi connectivity index (χ4n) is 3.40. The van der Waals surface area contributed by atoms with E-state index in [9.17, 15) is 22.8 Å². The minimum absolute atomic E-state index is 0.0394. The molecule has 0 spiro atoms. The van der Waals surface area contributed by atoms with Crippen molar-refractivity contribution < 1.29 is 22.8 Å². The van der Waals surface area contributed by atoms with Gasteiger partial charge in [-0.2, -0.15) is 13.2 Å². The van der Waals surface area contributed by atoms with Crippen molar-refractivity contribution in [1.29, 1.82) is 0 Å². The van der Waals surface area contributed by atoms with E-state index < -0.39 is 23.7 Å². The van der Waals surface area contributed by atoms with Gasteiger partial charge in [0.05, 0.1) is 17.5 Å². The highest BCUT2D eigenvalue weighted by Gasteiger charge is 2.39. The topological polar surface area (TPSA) is 49.4 Å². The molecule has 4 nitrogen and oxygen atoms in total. The van der Waals surface area contributed by atoms with Crippen molar-refractivity contribution in [2.24, 2.45) is 5.92 Å². The monoisotopic (exact) mass is 376 g/mol. The van der Waals surface area contributed by atoms with Crippen LogP contribution in [0.4, 0.5) is 18.9 Å². The normalized spacial score (nSPS) is 20.4. The number of nitrogens with zero attached hydrogens (tertiary/aromatic N) is 1. The summed E-state index contributed by atoms with van der Waals surface area (Å²) in [5.74, 6) is -0.845. The van der Waals surface area contributed by atoms with E-state index in [1.54, 1.807) is 11.9 Å². The number of piperidine rings is 1. The Kier molecular flexibility index (Phi) is 5.21. The summed E-state index contributed by atoms with van der Waals surface area (Å²) < 4.78 is 38.0. The van der Waals surface area contributed by atoms with Gasteiger partial charge in [0.25, 0.3) is 0 Å². The van der Waals surface area contributed by atoms with Gasteiger partial charge in [0.2, 0.25) is 11.8 Å². The smallest absolute Gasteiger partial charge is 0.338 e. The van der Waals surface area contributed by atoms with Crippen molar-refractivity contribution in [3.8, 4) is 0 Å². The van der Waals surface area contributed by atoms with Crippen LogP contribution in [0.3, 0.4) is 0 Å². The van der Waals surface area contributed by atoms with Crippen molar-refractivity contribution in [2.75, 3.05) is 12.4 Å². The van der Waals surface area contributed by atoms with Gasteiger partial charge in [-0.15, -0.1) is 0 Å². The van der Waals surface area contributed by atoms with E-state index in [-0.39, 0.29) is 18.2 Å². The summed E-state index contributed by atoms with van der Waals surface area (Å²) in [6.45, 7) is 0. The number of hydrogen-bond donors (Lipinski definition) is 1. The van der Waals surface area contributed by atoms with Crippen molar-refractivity contribution in [3.63, 3.8) is 0 Å². The lowest BCUT2D eigenvalue weighted by atomic mass is 9.84. The van der Waals surface area contributed by atoms with E-state index in [1.165, 1.54) is 12.1 Å². The SMILES string of the molecule is CN1C(=O)CCC(C(=O)Nc2ccc(C(F)(F)F)cc2)C1c1ccccc1. The average Bonchev–Trinajstić information content (AvgIpc) is 2.64. The van der Waals surface area contributed by atoms with E-state index in [4.69, 9.17) is 0 Å². The van der Waals surface area contributed by atoms with Crippen LogP contribution < -0.4 is 5.32 Å². The molecule has 1 saturated heterocycles. The van der Waals surface area contributed by atoms with Gasteiger partial charge in [0.1, 0.15) is 0 Å². The summed E-state index contributed by atoms with van der Waals surface area (Å²) in [7, 11) is 1.66. The molecule has 2 aromatic carbocycles. The maximum absolute atomic E-state index is 12.8. The summed E-state index contributed by atoms with van der Waals surface area (Å²) in [5, 5.41) is 2.68. The van der Waals surface area contributed by atoms with Gasteiger partial charge < -0.3 is 10.2 Å². The van der Waals surface area contributed by atoms with E-state index in [1.807, 2.05) is 30.3 Å². The molecule has 0 aromatic heterocycles. The Morgan fingerprint density at radius 3 is 2.30 bits per heavy atom. The number of nitrogens with one attached hydrogen (secondary N) is 1. The molecular weight excluding hydrogens is 357 g/mol. The van der Waals surface area contributed by atoms with Crippen LogP contribution in [-0.2, 0) is 15.8 Å². The molecule has 27 heavy (non-hydrogen) atoms. The van der Waals surface area contributed by atoms with Gasteiger partial charge in [-0.1, -0.05) is 30.3 Å². The second-order valence-electron chi connectivity index (χ2n) is 6.57. The molecule has 1 fully saturated rings. The molecule has 0 radical (unpaired) electrons. The van der Waals surface area contributed by atoms with E-state index >= 15 is 0 Å². The number of benzene rings is 2. The van der Waals surface area contributed by atoms with Gasteiger partial charge in [0, 0.05) is 19.2 Å². The third kappa shape index (κ3) is 4.13. The zero-order valence-electron chi connectivity index (χ0n) is 14.7. The quantitative estimate of drug-likeness (QED) is 0.871. The average molecular weight is 376 g/mol. The molecular formula is C20H19F3N2O2. The zero-order chi connectivity index (χ0) is 19.6. The number of amides is 2. The standard InChI is InChI=1S/C20H19F3N2O2/c1-25-17(26)12-11-16(18(25)13-5-3-2-4-6-13)19(27)24-15-9-7-14(8-10-15)20(21,22)23/h2-10,16,18H,11-12H2,1H3,(H,24,27). The van der Waals surface area contributed by atoms with Gasteiger partial charge in [0.15, 0.2) is 0 Å². The molecule has 0 bridgehead atoms. The molecule has 2 atom stereocenters. The largest absolute Gasteiger partial charge is 0.416 e. The second-order valence-corrected chi connectivity index (χ2v) is 6.57. The highest BCUT2D eigenvalue weighted by Crippen LogP contribution is 2.36.